The lowest BCUT2D eigenvalue weighted by Crippen LogP contribution is -1.93. The molecule has 6 aromatic carbocycles. The molecule has 8 aromatic rings. The summed E-state index contributed by atoms with van der Waals surface area (Å²) < 4.78 is 2.38. The highest BCUT2D eigenvalue weighted by Crippen LogP contribution is 2.38. The summed E-state index contributed by atoms with van der Waals surface area (Å²) in [5.74, 6) is 0. The van der Waals surface area contributed by atoms with E-state index in [2.05, 4.69) is 149 Å². The lowest BCUT2D eigenvalue weighted by Gasteiger charge is -2.08. The van der Waals surface area contributed by atoms with Crippen LogP contribution in [0.2, 0.25) is 0 Å². The maximum absolute atomic E-state index is 3.60. The second kappa shape index (κ2) is 8.22. The van der Waals surface area contributed by atoms with Crippen LogP contribution in [0.4, 0.5) is 0 Å². The van der Waals surface area contributed by atoms with Crippen LogP contribution in [0.5, 0.6) is 0 Å². The molecule has 38 heavy (non-hydrogen) atoms. The third kappa shape index (κ3) is 3.21. The van der Waals surface area contributed by atoms with Crippen LogP contribution in [-0.2, 0) is 0 Å². The van der Waals surface area contributed by atoms with Crippen molar-refractivity contribution in [1.29, 1.82) is 0 Å². The zero-order valence-corrected chi connectivity index (χ0v) is 20.7. The summed E-state index contributed by atoms with van der Waals surface area (Å²) in [5.41, 5.74) is 10.8. The minimum atomic E-state index is 1.17. The number of para-hydroxylation sites is 2. The molecule has 2 nitrogen and oxygen atoms in total. The molecule has 2 aromatic heterocycles. The number of aromatic amines is 1. The van der Waals surface area contributed by atoms with Gasteiger partial charge in [-0.1, -0.05) is 91.0 Å². The van der Waals surface area contributed by atoms with Crippen molar-refractivity contribution in [3.8, 4) is 27.9 Å². The van der Waals surface area contributed by atoms with Gasteiger partial charge in [-0.25, -0.2) is 0 Å². The van der Waals surface area contributed by atoms with Crippen molar-refractivity contribution in [2.75, 3.05) is 0 Å². The largest absolute Gasteiger partial charge is 0.354 e. The van der Waals surface area contributed by atoms with Gasteiger partial charge in [-0.15, -0.1) is 0 Å². The van der Waals surface area contributed by atoms with E-state index in [0.717, 1.165) is 0 Å². The van der Waals surface area contributed by atoms with Gasteiger partial charge in [-0.05, 0) is 70.8 Å². The quantitative estimate of drug-likeness (QED) is 0.258. The second-order valence-corrected chi connectivity index (χ2v) is 9.93. The van der Waals surface area contributed by atoms with Crippen LogP contribution >= 0.6 is 0 Å². The van der Waals surface area contributed by atoms with E-state index in [1.54, 1.807) is 0 Å². The van der Waals surface area contributed by atoms with E-state index in [-0.39, 0.29) is 0 Å². The van der Waals surface area contributed by atoms with E-state index in [0.29, 0.717) is 0 Å². The van der Waals surface area contributed by atoms with Crippen LogP contribution in [0, 0.1) is 0 Å². The Bertz CT molecular complexity index is 2110. The molecule has 178 valence electrons. The number of hydrogen-bond donors (Lipinski definition) is 1. The fraction of sp³-hybridized carbons (Fsp3) is 0. The molecule has 0 amide bonds. The molecule has 0 bridgehead atoms. The Kier molecular flexibility index (Phi) is 4.55. The number of H-pyrrole nitrogens is 1. The Labute approximate surface area is 220 Å². The van der Waals surface area contributed by atoms with E-state index in [1.165, 1.54) is 71.6 Å². The summed E-state index contributed by atoms with van der Waals surface area (Å²) in [7, 11) is 0. The molecule has 0 aliphatic rings. The van der Waals surface area contributed by atoms with Crippen molar-refractivity contribution >= 4 is 43.6 Å². The average molecular weight is 485 g/mol. The molecule has 0 saturated carbocycles. The predicted octanol–water partition coefficient (Wildman–Crippen LogP) is 9.75. The van der Waals surface area contributed by atoms with Gasteiger partial charge < -0.3 is 9.55 Å². The maximum atomic E-state index is 3.60. The molecule has 0 unspecified atom stereocenters. The van der Waals surface area contributed by atoms with E-state index in [4.69, 9.17) is 0 Å². The molecular formula is C36H24N2. The van der Waals surface area contributed by atoms with Crippen LogP contribution in [0.15, 0.2) is 140 Å². The molecule has 0 saturated heterocycles. The van der Waals surface area contributed by atoms with Crippen molar-refractivity contribution < 1.29 is 0 Å². The number of rotatable bonds is 3. The highest BCUT2D eigenvalue weighted by Gasteiger charge is 2.15. The summed E-state index contributed by atoms with van der Waals surface area (Å²) >= 11 is 0. The second-order valence-electron chi connectivity index (χ2n) is 9.93. The summed E-state index contributed by atoms with van der Waals surface area (Å²) in [6.45, 7) is 0. The Morgan fingerprint density at radius 3 is 1.66 bits per heavy atom. The normalized spacial score (nSPS) is 11.7. The van der Waals surface area contributed by atoms with Crippen molar-refractivity contribution in [3.05, 3.63) is 140 Å². The van der Waals surface area contributed by atoms with Crippen molar-refractivity contribution in [1.82, 2.24) is 9.55 Å². The number of hydrogen-bond acceptors (Lipinski definition) is 0. The Balaban J connectivity index is 1.37. The molecule has 0 aliphatic heterocycles. The van der Waals surface area contributed by atoms with Gasteiger partial charge in [0.05, 0.1) is 11.0 Å². The number of nitrogens with one attached hydrogen (secondary N) is 1. The molecule has 0 aliphatic carbocycles. The van der Waals surface area contributed by atoms with Crippen LogP contribution in [0.3, 0.4) is 0 Å². The van der Waals surface area contributed by atoms with Crippen molar-refractivity contribution in [2.45, 2.75) is 0 Å². The number of benzene rings is 6. The van der Waals surface area contributed by atoms with Gasteiger partial charge in [0.15, 0.2) is 0 Å². The summed E-state index contributed by atoms with van der Waals surface area (Å²) in [5, 5.41) is 5.05. The molecule has 0 atom stereocenters. The Morgan fingerprint density at radius 1 is 0.368 bits per heavy atom. The smallest absolute Gasteiger partial charge is 0.0541 e. The van der Waals surface area contributed by atoms with Crippen molar-refractivity contribution in [3.63, 3.8) is 0 Å². The number of aromatic nitrogens is 2. The first-order chi connectivity index (χ1) is 18.8. The first-order valence-corrected chi connectivity index (χ1v) is 13.0. The SMILES string of the molecule is c1ccc(-c2ccc3c(c2)c2cc(-c4ccc5c(c4)[nH]c4ccccc45)ccc2n3-c2ccccc2)cc1. The molecule has 0 fully saturated rings. The molecule has 2 heterocycles. The monoisotopic (exact) mass is 484 g/mol. The van der Waals surface area contributed by atoms with Crippen LogP contribution in [-0.4, -0.2) is 9.55 Å². The fourth-order valence-corrected chi connectivity index (χ4v) is 5.90. The fourth-order valence-electron chi connectivity index (χ4n) is 5.90. The Morgan fingerprint density at radius 2 is 0.921 bits per heavy atom. The molecule has 0 spiro atoms. The molecular weight excluding hydrogens is 460 g/mol. The molecule has 2 heteroatoms. The third-order valence-electron chi connectivity index (χ3n) is 7.73. The highest BCUT2D eigenvalue weighted by atomic mass is 15.0. The maximum Gasteiger partial charge on any atom is 0.0541 e. The van der Waals surface area contributed by atoms with Gasteiger partial charge in [-0.3, -0.25) is 0 Å². The zero-order chi connectivity index (χ0) is 25.1. The molecule has 1 N–H and O–H groups in total. The average Bonchev–Trinajstić information content (AvgIpc) is 3.52. The minimum Gasteiger partial charge on any atom is -0.354 e. The van der Waals surface area contributed by atoms with Gasteiger partial charge in [0, 0.05) is 38.3 Å². The van der Waals surface area contributed by atoms with E-state index in [9.17, 15) is 0 Å². The lowest BCUT2D eigenvalue weighted by atomic mass is 9.99. The van der Waals surface area contributed by atoms with Crippen LogP contribution in [0.1, 0.15) is 0 Å². The Hall–Kier alpha value is -5.08. The van der Waals surface area contributed by atoms with Gasteiger partial charge in [-0.2, -0.15) is 0 Å². The zero-order valence-electron chi connectivity index (χ0n) is 20.7. The first-order valence-electron chi connectivity index (χ1n) is 13.0. The number of fused-ring (bicyclic) bond motifs is 6. The summed E-state index contributed by atoms with van der Waals surface area (Å²) in [6.07, 6.45) is 0. The lowest BCUT2D eigenvalue weighted by molar-refractivity contribution is 1.18. The van der Waals surface area contributed by atoms with Gasteiger partial charge in [0.25, 0.3) is 0 Å². The van der Waals surface area contributed by atoms with E-state index < -0.39 is 0 Å². The highest BCUT2D eigenvalue weighted by molar-refractivity contribution is 6.12. The van der Waals surface area contributed by atoms with Crippen molar-refractivity contribution in [2.24, 2.45) is 0 Å². The number of nitrogens with zero attached hydrogens (tertiary/aromatic N) is 1. The topological polar surface area (TPSA) is 20.7 Å². The summed E-state index contributed by atoms with van der Waals surface area (Å²) in [6, 6.07) is 50.3. The van der Waals surface area contributed by atoms with E-state index >= 15 is 0 Å². The van der Waals surface area contributed by atoms with Crippen LogP contribution < -0.4 is 0 Å². The van der Waals surface area contributed by atoms with Gasteiger partial charge in [0.1, 0.15) is 0 Å². The van der Waals surface area contributed by atoms with E-state index in [1.807, 2.05) is 0 Å². The van der Waals surface area contributed by atoms with Gasteiger partial charge in [0.2, 0.25) is 0 Å². The minimum absolute atomic E-state index is 1.17. The predicted molar refractivity (Wildman–Crippen MR) is 161 cm³/mol. The molecule has 8 rings (SSSR count). The molecule has 0 radical (unpaired) electrons. The van der Waals surface area contributed by atoms with Gasteiger partial charge >= 0.3 is 0 Å². The third-order valence-corrected chi connectivity index (χ3v) is 7.73. The first kappa shape index (κ1) is 21.0. The summed E-state index contributed by atoms with van der Waals surface area (Å²) in [4.78, 5) is 3.60. The van der Waals surface area contributed by atoms with Crippen LogP contribution in [0.25, 0.3) is 71.6 Å². The standard InChI is InChI=1S/C36H24N2/c1-3-9-24(10-4-1)25-16-19-35-31(21-25)32-22-26(17-20-36(32)38(35)28-11-5-2-6-12-28)27-15-18-30-29-13-7-8-14-33(29)37-34(30)23-27/h1-23,37H.